The molecule has 106 valence electrons. The molecule has 4 heteroatoms. The molecule has 1 aliphatic carbocycles. The zero-order valence-corrected chi connectivity index (χ0v) is 13.3. The van der Waals surface area contributed by atoms with Crippen molar-refractivity contribution in [2.45, 2.75) is 43.0 Å². The molecular weight excluding hydrogens is 316 g/mol. The van der Waals surface area contributed by atoms with Gasteiger partial charge in [0.25, 0.3) is 5.91 Å². The topological polar surface area (TPSA) is 44.1 Å². The molecule has 0 saturated heterocycles. The van der Waals surface area contributed by atoms with Gasteiger partial charge < -0.3 is 4.90 Å². The number of alkyl halides is 1. The van der Waals surface area contributed by atoms with Crippen molar-refractivity contribution < 1.29 is 4.79 Å². The standard InChI is InChI=1S/C16H19BrN2O/c1-19(16(12-18)9-3-2-4-10-16)15(20)14-7-5-13(11-17)6-8-14/h5-8H,2-4,9-11H2,1H3. The van der Waals surface area contributed by atoms with Crippen molar-refractivity contribution in [2.24, 2.45) is 0 Å². The molecule has 20 heavy (non-hydrogen) atoms. The van der Waals surface area contributed by atoms with E-state index in [1.54, 1.807) is 11.9 Å². The van der Waals surface area contributed by atoms with Crippen LogP contribution in [0.1, 0.15) is 48.0 Å². The molecule has 0 spiro atoms. The van der Waals surface area contributed by atoms with Gasteiger partial charge in [0, 0.05) is 17.9 Å². The molecule has 0 unspecified atom stereocenters. The van der Waals surface area contributed by atoms with Gasteiger partial charge in [-0.25, -0.2) is 0 Å². The van der Waals surface area contributed by atoms with Gasteiger partial charge in [0.15, 0.2) is 0 Å². The van der Waals surface area contributed by atoms with Crippen molar-refractivity contribution >= 4 is 21.8 Å². The molecule has 1 amide bonds. The molecule has 0 aliphatic heterocycles. The number of rotatable bonds is 3. The first-order chi connectivity index (χ1) is 9.63. The van der Waals surface area contributed by atoms with Crippen molar-refractivity contribution in [1.29, 1.82) is 5.26 Å². The largest absolute Gasteiger partial charge is 0.323 e. The van der Waals surface area contributed by atoms with Crippen molar-refractivity contribution in [3.63, 3.8) is 0 Å². The van der Waals surface area contributed by atoms with Gasteiger partial charge in [-0.1, -0.05) is 47.3 Å². The van der Waals surface area contributed by atoms with E-state index >= 15 is 0 Å². The monoisotopic (exact) mass is 334 g/mol. The summed E-state index contributed by atoms with van der Waals surface area (Å²) in [7, 11) is 1.76. The maximum absolute atomic E-state index is 12.6. The fourth-order valence-corrected chi connectivity index (χ4v) is 3.16. The molecule has 0 N–H and O–H groups in total. The Bertz CT molecular complexity index is 512. The minimum atomic E-state index is -0.622. The number of nitriles is 1. The van der Waals surface area contributed by atoms with E-state index in [1.165, 1.54) is 0 Å². The zero-order chi connectivity index (χ0) is 14.6. The van der Waals surface area contributed by atoms with Crippen LogP contribution in [-0.2, 0) is 5.33 Å². The first kappa shape index (κ1) is 15.1. The van der Waals surface area contributed by atoms with Gasteiger partial charge in [0.05, 0.1) is 6.07 Å². The second-order valence-electron chi connectivity index (χ2n) is 5.40. The van der Waals surface area contributed by atoms with Crippen LogP contribution in [0.4, 0.5) is 0 Å². The highest BCUT2D eigenvalue weighted by Gasteiger charge is 2.39. The Morgan fingerprint density at radius 1 is 1.30 bits per heavy atom. The normalized spacial score (nSPS) is 17.2. The molecule has 0 radical (unpaired) electrons. The molecule has 0 atom stereocenters. The third kappa shape index (κ3) is 2.88. The molecule has 0 bridgehead atoms. The molecule has 1 fully saturated rings. The van der Waals surface area contributed by atoms with Gasteiger partial charge in [0.2, 0.25) is 0 Å². The van der Waals surface area contributed by atoms with Crippen molar-refractivity contribution in [3.05, 3.63) is 35.4 Å². The highest BCUT2D eigenvalue weighted by Crippen LogP contribution is 2.33. The zero-order valence-electron chi connectivity index (χ0n) is 11.7. The highest BCUT2D eigenvalue weighted by atomic mass is 79.9. The minimum Gasteiger partial charge on any atom is -0.323 e. The quantitative estimate of drug-likeness (QED) is 0.787. The molecule has 0 heterocycles. The average Bonchev–Trinajstić information content (AvgIpc) is 2.54. The smallest absolute Gasteiger partial charge is 0.254 e. The van der Waals surface area contributed by atoms with E-state index in [9.17, 15) is 10.1 Å². The minimum absolute atomic E-state index is 0.0606. The van der Waals surface area contributed by atoms with Crippen LogP contribution >= 0.6 is 15.9 Å². The van der Waals surface area contributed by atoms with E-state index in [2.05, 4.69) is 22.0 Å². The third-order valence-corrected chi connectivity index (χ3v) is 4.84. The van der Waals surface area contributed by atoms with Crippen molar-refractivity contribution in [3.8, 4) is 6.07 Å². The van der Waals surface area contributed by atoms with E-state index in [-0.39, 0.29) is 5.91 Å². The maximum atomic E-state index is 12.6. The van der Waals surface area contributed by atoms with Crippen LogP contribution in [0.3, 0.4) is 0 Å². The Morgan fingerprint density at radius 2 is 1.90 bits per heavy atom. The summed E-state index contributed by atoms with van der Waals surface area (Å²) in [5, 5.41) is 10.3. The predicted octanol–water partition coefficient (Wildman–Crippen LogP) is 3.88. The van der Waals surface area contributed by atoms with Gasteiger partial charge in [-0.05, 0) is 30.5 Å². The first-order valence-electron chi connectivity index (χ1n) is 6.97. The molecule has 3 nitrogen and oxygen atoms in total. The predicted molar refractivity (Wildman–Crippen MR) is 82.6 cm³/mol. The third-order valence-electron chi connectivity index (χ3n) is 4.19. The molecule has 0 aromatic heterocycles. The fourth-order valence-electron chi connectivity index (χ4n) is 2.78. The lowest BCUT2D eigenvalue weighted by atomic mass is 9.81. The summed E-state index contributed by atoms with van der Waals surface area (Å²) in [4.78, 5) is 14.2. The summed E-state index contributed by atoms with van der Waals surface area (Å²) in [6.45, 7) is 0. The second kappa shape index (κ2) is 6.41. The summed E-state index contributed by atoms with van der Waals surface area (Å²) in [5.74, 6) is -0.0606. The molecule has 1 aromatic rings. The van der Waals surface area contributed by atoms with Gasteiger partial charge in [-0.3, -0.25) is 4.79 Å². The van der Waals surface area contributed by atoms with Crippen LogP contribution < -0.4 is 0 Å². The molecule has 1 saturated carbocycles. The van der Waals surface area contributed by atoms with Crippen LogP contribution in [-0.4, -0.2) is 23.4 Å². The van der Waals surface area contributed by atoms with E-state index in [4.69, 9.17) is 0 Å². The summed E-state index contributed by atoms with van der Waals surface area (Å²) < 4.78 is 0. The summed E-state index contributed by atoms with van der Waals surface area (Å²) in [5.41, 5.74) is 1.16. The number of halogens is 1. The maximum Gasteiger partial charge on any atom is 0.254 e. The van der Waals surface area contributed by atoms with Crippen molar-refractivity contribution in [1.82, 2.24) is 4.90 Å². The van der Waals surface area contributed by atoms with Gasteiger partial charge >= 0.3 is 0 Å². The number of hydrogen-bond donors (Lipinski definition) is 0. The number of hydrogen-bond acceptors (Lipinski definition) is 2. The SMILES string of the molecule is CN(C(=O)c1ccc(CBr)cc1)C1(C#N)CCCCC1. The summed E-state index contributed by atoms with van der Waals surface area (Å²) in [6.07, 6.45) is 4.77. The Labute approximate surface area is 128 Å². The Hall–Kier alpha value is -1.34. The Balaban J connectivity index is 2.20. The van der Waals surface area contributed by atoms with E-state index in [0.717, 1.165) is 43.0 Å². The van der Waals surface area contributed by atoms with Gasteiger partial charge in [-0.2, -0.15) is 5.26 Å². The number of amides is 1. The second-order valence-corrected chi connectivity index (χ2v) is 5.96. The lowest BCUT2D eigenvalue weighted by Crippen LogP contribution is -2.49. The summed E-state index contributed by atoms with van der Waals surface area (Å²) >= 11 is 3.39. The van der Waals surface area contributed by atoms with Crippen molar-refractivity contribution in [2.75, 3.05) is 7.05 Å². The van der Waals surface area contributed by atoms with Crippen LogP contribution in [0.15, 0.2) is 24.3 Å². The molecule has 1 aromatic carbocycles. The molecular formula is C16H19BrN2O. The number of carbonyl (C=O) groups is 1. The molecule has 2 rings (SSSR count). The number of nitrogens with zero attached hydrogens (tertiary/aromatic N) is 2. The van der Waals surface area contributed by atoms with Gasteiger partial charge in [0.1, 0.15) is 5.54 Å². The Kier molecular flexibility index (Phi) is 4.82. The first-order valence-corrected chi connectivity index (χ1v) is 8.09. The van der Waals surface area contributed by atoms with E-state index < -0.39 is 5.54 Å². The lowest BCUT2D eigenvalue weighted by Gasteiger charge is -2.39. The van der Waals surface area contributed by atoms with E-state index in [0.29, 0.717) is 5.56 Å². The lowest BCUT2D eigenvalue weighted by molar-refractivity contribution is 0.0589. The highest BCUT2D eigenvalue weighted by molar-refractivity contribution is 9.08. The number of carbonyl (C=O) groups excluding carboxylic acids is 1. The van der Waals surface area contributed by atoms with Gasteiger partial charge in [-0.15, -0.1) is 0 Å². The van der Waals surface area contributed by atoms with E-state index in [1.807, 2.05) is 24.3 Å². The fraction of sp³-hybridized carbons (Fsp3) is 0.500. The van der Waals surface area contributed by atoms with Crippen LogP contribution in [0.2, 0.25) is 0 Å². The summed E-state index contributed by atoms with van der Waals surface area (Å²) in [6, 6.07) is 9.94. The van der Waals surface area contributed by atoms with Crippen LogP contribution in [0.25, 0.3) is 0 Å². The van der Waals surface area contributed by atoms with Crippen LogP contribution in [0, 0.1) is 11.3 Å². The average molecular weight is 335 g/mol. The molecule has 1 aliphatic rings. The van der Waals surface area contributed by atoms with Crippen LogP contribution in [0.5, 0.6) is 0 Å². The number of benzene rings is 1. The Morgan fingerprint density at radius 3 is 2.40 bits per heavy atom.